The zero-order valence-electron chi connectivity index (χ0n) is 19.2. The van der Waals surface area contributed by atoms with E-state index in [-0.39, 0.29) is 6.09 Å². The van der Waals surface area contributed by atoms with E-state index in [1.54, 1.807) is 4.90 Å². The number of azide groups is 1. The third kappa shape index (κ3) is 13.0. The summed E-state index contributed by atoms with van der Waals surface area (Å²) < 4.78 is 27.1. The van der Waals surface area contributed by atoms with Gasteiger partial charge < -0.3 is 28.6 Å². The Labute approximate surface area is 195 Å². The molecule has 2 rings (SSSR count). The first-order chi connectivity index (χ1) is 16.3. The summed E-state index contributed by atoms with van der Waals surface area (Å²) >= 11 is 0. The van der Waals surface area contributed by atoms with Crippen LogP contribution in [0.4, 0.5) is 4.79 Å². The van der Waals surface area contributed by atoms with Crippen LogP contribution >= 0.6 is 0 Å². The fourth-order valence-electron chi connectivity index (χ4n) is 3.07. The molecule has 1 fully saturated rings. The molecule has 0 atom stereocenters. The molecule has 0 N–H and O–H groups in total. The number of rotatable bonds is 17. The van der Waals surface area contributed by atoms with Crippen molar-refractivity contribution in [1.82, 2.24) is 9.80 Å². The molecule has 1 aromatic rings. The van der Waals surface area contributed by atoms with E-state index >= 15 is 0 Å². The van der Waals surface area contributed by atoms with Crippen LogP contribution in [-0.4, -0.2) is 108 Å². The number of ether oxygens (including phenoxy) is 5. The standard InChI is InChI=1S/C22H35N5O6/c23-25-24-6-12-29-14-16-31-18-19-32-17-15-30-13-11-26-7-9-27(10-8-26)22(28)33-20-21-4-2-1-3-5-21/h1-5H,6-20H2. The summed E-state index contributed by atoms with van der Waals surface area (Å²) in [5, 5.41) is 3.37. The van der Waals surface area contributed by atoms with E-state index in [2.05, 4.69) is 14.9 Å². The normalized spacial score (nSPS) is 14.1. The van der Waals surface area contributed by atoms with E-state index in [0.29, 0.717) is 79.1 Å². The Kier molecular flexibility index (Phi) is 14.7. The van der Waals surface area contributed by atoms with Gasteiger partial charge in [-0.1, -0.05) is 35.4 Å². The lowest BCUT2D eigenvalue weighted by Crippen LogP contribution is -2.49. The van der Waals surface area contributed by atoms with Crippen LogP contribution in [0.2, 0.25) is 0 Å². The molecule has 11 nitrogen and oxygen atoms in total. The maximum absolute atomic E-state index is 12.2. The van der Waals surface area contributed by atoms with Gasteiger partial charge in [0.1, 0.15) is 6.61 Å². The SMILES string of the molecule is [N-]=[N+]=NCCOCCOCCOCCOCCN1CCN(C(=O)OCc2ccccc2)CC1. The van der Waals surface area contributed by atoms with Gasteiger partial charge in [0.2, 0.25) is 0 Å². The van der Waals surface area contributed by atoms with E-state index in [0.717, 1.165) is 25.2 Å². The van der Waals surface area contributed by atoms with Gasteiger partial charge >= 0.3 is 6.09 Å². The molecule has 0 aromatic heterocycles. The first kappa shape index (κ1) is 26.8. The predicted octanol–water partition coefficient (Wildman–Crippen LogP) is 2.32. The Morgan fingerprint density at radius 1 is 0.848 bits per heavy atom. The zero-order valence-corrected chi connectivity index (χ0v) is 19.2. The Morgan fingerprint density at radius 3 is 2.03 bits per heavy atom. The molecular weight excluding hydrogens is 430 g/mol. The molecule has 1 amide bonds. The lowest BCUT2D eigenvalue weighted by atomic mass is 10.2. The molecule has 0 spiro atoms. The van der Waals surface area contributed by atoms with Crippen molar-refractivity contribution >= 4 is 6.09 Å². The summed E-state index contributed by atoms with van der Waals surface area (Å²) in [6.45, 7) is 8.45. The van der Waals surface area contributed by atoms with Crippen molar-refractivity contribution in [2.45, 2.75) is 6.61 Å². The number of benzene rings is 1. The van der Waals surface area contributed by atoms with E-state index < -0.39 is 0 Å². The molecule has 0 aliphatic carbocycles. The van der Waals surface area contributed by atoms with Gasteiger partial charge in [0.05, 0.1) is 52.9 Å². The topological polar surface area (TPSA) is 118 Å². The number of amides is 1. The summed E-state index contributed by atoms with van der Waals surface area (Å²) in [4.78, 5) is 18.9. The van der Waals surface area contributed by atoms with E-state index in [4.69, 9.17) is 29.2 Å². The van der Waals surface area contributed by atoms with Crippen molar-refractivity contribution < 1.29 is 28.5 Å². The summed E-state index contributed by atoms with van der Waals surface area (Å²) in [7, 11) is 0. The van der Waals surface area contributed by atoms with Gasteiger partial charge in [-0.2, -0.15) is 0 Å². The van der Waals surface area contributed by atoms with Crippen molar-refractivity contribution in [3.8, 4) is 0 Å². The number of carbonyl (C=O) groups excluding carboxylic acids is 1. The molecule has 1 saturated heterocycles. The molecule has 11 heteroatoms. The van der Waals surface area contributed by atoms with Crippen LogP contribution in [0.15, 0.2) is 35.4 Å². The fourth-order valence-corrected chi connectivity index (χ4v) is 3.07. The molecule has 33 heavy (non-hydrogen) atoms. The maximum atomic E-state index is 12.2. The minimum Gasteiger partial charge on any atom is -0.445 e. The van der Waals surface area contributed by atoms with Crippen LogP contribution in [0.1, 0.15) is 5.56 Å². The summed E-state index contributed by atoms with van der Waals surface area (Å²) in [6.07, 6.45) is -0.256. The molecule has 0 bridgehead atoms. The number of hydrogen-bond donors (Lipinski definition) is 0. The highest BCUT2D eigenvalue weighted by Crippen LogP contribution is 2.07. The lowest BCUT2D eigenvalue weighted by molar-refractivity contribution is -0.00457. The zero-order chi connectivity index (χ0) is 23.4. The summed E-state index contributed by atoms with van der Waals surface area (Å²) in [5.41, 5.74) is 9.11. The van der Waals surface area contributed by atoms with Gasteiger partial charge in [0.15, 0.2) is 0 Å². The van der Waals surface area contributed by atoms with Crippen molar-refractivity contribution in [3.63, 3.8) is 0 Å². The van der Waals surface area contributed by atoms with Crippen LogP contribution in [0.5, 0.6) is 0 Å². The Hall–Kier alpha value is -2.40. The number of nitrogens with zero attached hydrogens (tertiary/aromatic N) is 5. The van der Waals surface area contributed by atoms with Crippen molar-refractivity contribution in [2.75, 3.05) is 92.1 Å². The summed E-state index contributed by atoms with van der Waals surface area (Å²) in [5.74, 6) is 0. The third-order valence-electron chi connectivity index (χ3n) is 4.90. The summed E-state index contributed by atoms with van der Waals surface area (Å²) in [6, 6.07) is 9.69. The minimum absolute atomic E-state index is 0.256. The monoisotopic (exact) mass is 465 g/mol. The van der Waals surface area contributed by atoms with Gasteiger partial charge in [0, 0.05) is 44.2 Å². The lowest BCUT2D eigenvalue weighted by Gasteiger charge is -2.33. The van der Waals surface area contributed by atoms with E-state index in [1.165, 1.54) is 0 Å². The molecule has 0 radical (unpaired) electrons. The molecule has 0 saturated carbocycles. The highest BCUT2D eigenvalue weighted by molar-refractivity contribution is 5.67. The molecular formula is C22H35N5O6. The fraction of sp³-hybridized carbons (Fsp3) is 0.682. The molecule has 1 aromatic carbocycles. The molecule has 184 valence electrons. The number of piperazine rings is 1. The maximum Gasteiger partial charge on any atom is 0.410 e. The van der Waals surface area contributed by atoms with Gasteiger partial charge in [-0.15, -0.1) is 0 Å². The Bertz CT molecular complexity index is 681. The van der Waals surface area contributed by atoms with Gasteiger partial charge in [-0.3, -0.25) is 4.90 Å². The number of carbonyl (C=O) groups is 1. The van der Waals surface area contributed by atoms with Gasteiger partial charge in [-0.25, -0.2) is 4.79 Å². The van der Waals surface area contributed by atoms with Crippen molar-refractivity contribution in [1.29, 1.82) is 0 Å². The third-order valence-corrected chi connectivity index (χ3v) is 4.90. The first-order valence-corrected chi connectivity index (χ1v) is 11.3. The average Bonchev–Trinajstić information content (AvgIpc) is 2.86. The smallest absolute Gasteiger partial charge is 0.410 e. The van der Waals surface area contributed by atoms with Crippen LogP contribution < -0.4 is 0 Å². The van der Waals surface area contributed by atoms with Crippen LogP contribution in [0, 0.1) is 0 Å². The van der Waals surface area contributed by atoms with Crippen molar-refractivity contribution in [3.05, 3.63) is 46.3 Å². The Balaban J connectivity index is 1.35. The minimum atomic E-state index is -0.256. The highest BCUT2D eigenvalue weighted by Gasteiger charge is 2.21. The molecule has 0 unspecified atom stereocenters. The second-order valence-electron chi connectivity index (χ2n) is 7.27. The largest absolute Gasteiger partial charge is 0.445 e. The molecule has 1 heterocycles. The van der Waals surface area contributed by atoms with Crippen LogP contribution in [0.25, 0.3) is 10.4 Å². The predicted molar refractivity (Wildman–Crippen MR) is 122 cm³/mol. The van der Waals surface area contributed by atoms with Crippen molar-refractivity contribution in [2.24, 2.45) is 5.11 Å². The van der Waals surface area contributed by atoms with Crippen LogP contribution in [-0.2, 0) is 30.3 Å². The average molecular weight is 466 g/mol. The first-order valence-electron chi connectivity index (χ1n) is 11.3. The second-order valence-corrected chi connectivity index (χ2v) is 7.27. The van der Waals surface area contributed by atoms with Crippen LogP contribution in [0.3, 0.4) is 0 Å². The molecule has 1 aliphatic heterocycles. The molecule has 1 aliphatic rings. The van der Waals surface area contributed by atoms with E-state index in [9.17, 15) is 4.79 Å². The van der Waals surface area contributed by atoms with Gasteiger partial charge in [-0.05, 0) is 11.1 Å². The highest BCUT2D eigenvalue weighted by atomic mass is 16.6. The second kappa shape index (κ2) is 18.1. The van der Waals surface area contributed by atoms with Gasteiger partial charge in [0.25, 0.3) is 0 Å². The quantitative estimate of drug-likeness (QED) is 0.150. The number of hydrogen-bond acceptors (Lipinski definition) is 8. The Morgan fingerprint density at radius 2 is 1.42 bits per heavy atom. The van der Waals surface area contributed by atoms with E-state index in [1.807, 2.05) is 30.3 Å².